The van der Waals surface area contributed by atoms with Gasteiger partial charge in [-0.05, 0) is 36.8 Å². The monoisotopic (exact) mass is 418 g/mol. The topological polar surface area (TPSA) is 147 Å². The lowest BCUT2D eigenvalue weighted by Crippen LogP contribution is -2.56. The lowest BCUT2D eigenvalue weighted by atomic mass is 9.84. The number of primary amides is 1. The van der Waals surface area contributed by atoms with Gasteiger partial charge in [0.15, 0.2) is 0 Å². The molecule has 0 radical (unpaired) electrons. The molecule has 1 aliphatic carbocycles. The van der Waals surface area contributed by atoms with Gasteiger partial charge in [-0.25, -0.2) is 22.9 Å². The molecule has 2 aromatic rings. The van der Waals surface area contributed by atoms with Crippen LogP contribution in [0.15, 0.2) is 36.5 Å². The normalized spacial score (nSPS) is 19.5. The number of carbonyl (C=O) groups is 2. The van der Waals surface area contributed by atoms with E-state index in [9.17, 15) is 22.8 Å². The highest BCUT2D eigenvalue weighted by atomic mass is 19.3. The van der Waals surface area contributed by atoms with E-state index < -0.39 is 47.2 Å². The van der Waals surface area contributed by atoms with Crippen LogP contribution in [0, 0.1) is 23.1 Å². The Morgan fingerprint density at radius 1 is 1.30 bits per heavy atom. The molecule has 0 unspecified atom stereocenters. The highest BCUT2D eigenvalue weighted by Crippen LogP contribution is 2.49. The van der Waals surface area contributed by atoms with Gasteiger partial charge in [0.05, 0.1) is 5.56 Å². The van der Waals surface area contributed by atoms with Crippen LogP contribution in [0.2, 0.25) is 0 Å². The predicted molar refractivity (Wildman–Crippen MR) is 99.8 cm³/mol. The molecule has 3 atom stereocenters. The zero-order valence-corrected chi connectivity index (χ0v) is 15.4. The van der Waals surface area contributed by atoms with Crippen LogP contribution in [0.1, 0.15) is 28.0 Å². The molecular weight excluding hydrogens is 401 g/mol. The number of hydrogen-bond acceptors (Lipinski definition) is 5. The molecule has 1 heterocycles. The fraction of sp³-hybridized carbons (Fsp3) is 0.263. The average Bonchev–Trinajstić information content (AvgIpc) is 3.44. The van der Waals surface area contributed by atoms with Gasteiger partial charge in [0.1, 0.15) is 23.1 Å². The van der Waals surface area contributed by atoms with Crippen molar-refractivity contribution in [1.29, 1.82) is 5.26 Å². The molecule has 156 valence electrons. The highest BCUT2D eigenvalue weighted by molar-refractivity contribution is 6.02. The number of nitrogens with two attached hydrogens (primary N) is 2. The van der Waals surface area contributed by atoms with Crippen LogP contribution in [0.25, 0.3) is 0 Å². The molecule has 1 aromatic heterocycles. The fourth-order valence-corrected chi connectivity index (χ4v) is 3.35. The predicted octanol–water partition coefficient (Wildman–Crippen LogP) is 1.82. The van der Waals surface area contributed by atoms with Crippen LogP contribution in [0.5, 0.6) is 0 Å². The van der Waals surface area contributed by atoms with Gasteiger partial charge in [0.2, 0.25) is 0 Å². The van der Waals surface area contributed by atoms with Gasteiger partial charge in [-0.1, -0.05) is 0 Å². The summed E-state index contributed by atoms with van der Waals surface area (Å²) in [6.07, 6.45) is -1.89. The summed E-state index contributed by atoms with van der Waals surface area (Å²) in [6.45, 7) is 0. The van der Waals surface area contributed by atoms with Gasteiger partial charge >= 0.3 is 6.03 Å². The number of anilines is 1. The van der Waals surface area contributed by atoms with Crippen molar-refractivity contribution in [3.63, 3.8) is 0 Å². The molecule has 11 heteroatoms. The van der Waals surface area contributed by atoms with Gasteiger partial charge in [-0.2, -0.15) is 5.26 Å². The number of hydrogen-bond donors (Lipinski definition) is 4. The number of rotatable bonds is 6. The number of nitriles is 1. The van der Waals surface area contributed by atoms with Crippen molar-refractivity contribution >= 4 is 17.6 Å². The molecule has 0 bridgehead atoms. The molecular formula is C19H17F3N6O2. The van der Waals surface area contributed by atoms with E-state index >= 15 is 0 Å². The summed E-state index contributed by atoms with van der Waals surface area (Å²) in [4.78, 5) is 27.6. The molecule has 1 aromatic carbocycles. The Morgan fingerprint density at radius 3 is 2.50 bits per heavy atom. The minimum atomic E-state index is -3.22. The number of pyridine rings is 1. The maximum Gasteiger partial charge on any atom is 0.313 e. The first-order valence-electron chi connectivity index (χ1n) is 8.78. The Bertz CT molecular complexity index is 1020. The van der Waals surface area contributed by atoms with Gasteiger partial charge in [0, 0.05) is 29.4 Å². The average molecular weight is 418 g/mol. The first-order valence-corrected chi connectivity index (χ1v) is 8.78. The Labute approximate surface area is 169 Å². The third-order valence-corrected chi connectivity index (χ3v) is 4.89. The lowest BCUT2D eigenvalue weighted by Gasteiger charge is -2.35. The van der Waals surface area contributed by atoms with Crippen molar-refractivity contribution in [3.05, 3.63) is 59.2 Å². The molecule has 1 saturated carbocycles. The fourth-order valence-electron chi connectivity index (χ4n) is 3.35. The van der Waals surface area contributed by atoms with E-state index in [1.165, 1.54) is 24.4 Å². The first kappa shape index (κ1) is 21.1. The Kier molecular flexibility index (Phi) is 5.62. The summed E-state index contributed by atoms with van der Waals surface area (Å²) >= 11 is 0. The van der Waals surface area contributed by atoms with Crippen LogP contribution in [-0.2, 0) is 5.54 Å². The van der Waals surface area contributed by atoms with Gasteiger partial charge in [-0.15, -0.1) is 0 Å². The zero-order valence-electron chi connectivity index (χ0n) is 15.4. The minimum Gasteiger partial charge on any atom is -0.352 e. The molecule has 1 aliphatic rings. The van der Waals surface area contributed by atoms with Crippen LogP contribution >= 0.6 is 0 Å². The molecule has 0 saturated heterocycles. The van der Waals surface area contributed by atoms with Gasteiger partial charge < -0.3 is 22.1 Å². The first-order chi connectivity index (χ1) is 14.2. The van der Waals surface area contributed by atoms with Crippen molar-refractivity contribution in [2.24, 2.45) is 17.4 Å². The number of nitrogens with one attached hydrogen (secondary N) is 2. The third-order valence-electron chi connectivity index (χ3n) is 4.89. The Hall–Kier alpha value is -3.65. The summed E-state index contributed by atoms with van der Waals surface area (Å²) in [6, 6.07) is 5.68. The maximum absolute atomic E-state index is 14.6. The summed E-state index contributed by atoms with van der Waals surface area (Å²) in [5.41, 5.74) is 8.02. The van der Waals surface area contributed by atoms with E-state index in [-0.39, 0.29) is 23.4 Å². The van der Waals surface area contributed by atoms with E-state index in [4.69, 9.17) is 16.7 Å². The third kappa shape index (κ3) is 3.90. The second kappa shape index (κ2) is 8.00. The van der Waals surface area contributed by atoms with Crippen LogP contribution in [0.3, 0.4) is 0 Å². The smallest absolute Gasteiger partial charge is 0.313 e. The Balaban J connectivity index is 1.97. The standard InChI is InChI=1S/C19H17F3N6O2/c20-13-3-2-10(27-16(29)15-4-1-9(7-23)8-26-15)5-11(13)19(17(21)22,28-18(25)30)12-6-14(12)24/h1-5,8,12,14,17H,6,24H2,(H,27,29)(H3,25,28,30)/t12-,14+,19+/m0/s1. The maximum atomic E-state index is 14.6. The number of benzene rings is 1. The number of amides is 3. The van der Waals surface area contributed by atoms with Crippen LogP contribution < -0.4 is 22.1 Å². The van der Waals surface area contributed by atoms with E-state index in [0.29, 0.717) is 0 Å². The molecule has 0 spiro atoms. The van der Waals surface area contributed by atoms with Crippen molar-refractivity contribution in [2.75, 3.05) is 5.32 Å². The van der Waals surface area contributed by atoms with Crippen LogP contribution in [-0.4, -0.2) is 29.4 Å². The molecule has 0 aliphatic heterocycles. The zero-order chi connectivity index (χ0) is 22.1. The number of alkyl halides is 2. The largest absolute Gasteiger partial charge is 0.352 e. The van der Waals surface area contributed by atoms with E-state index in [0.717, 1.165) is 12.1 Å². The SMILES string of the molecule is N#Cc1ccc(C(=O)Nc2ccc(F)c([C@](NC(N)=O)(C(F)F)[C@H]3C[C@H]3N)c2)nc1. The number of carbonyl (C=O) groups excluding carboxylic acids is 2. The summed E-state index contributed by atoms with van der Waals surface area (Å²) in [5, 5.41) is 13.2. The van der Waals surface area contributed by atoms with E-state index in [1.54, 1.807) is 0 Å². The van der Waals surface area contributed by atoms with Gasteiger partial charge in [0.25, 0.3) is 12.3 Å². The molecule has 6 N–H and O–H groups in total. The van der Waals surface area contributed by atoms with Crippen molar-refractivity contribution < 1.29 is 22.8 Å². The van der Waals surface area contributed by atoms with Gasteiger partial charge in [-0.3, -0.25) is 4.79 Å². The summed E-state index contributed by atoms with van der Waals surface area (Å²) in [5.74, 6) is -2.66. The van der Waals surface area contributed by atoms with E-state index in [2.05, 4.69) is 10.3 Å². The number of nitrogens with zero attached hydrogens (tertiary/aromatic N) is 2. The molecule has 3 rings (SSSR count). The molecule has 30 heavy (non-hydrogen) atoms. The van der Waals surface area contributed by atoms with Crippen molar-refractivity contribution in [1.82, 2.24) is 10.3 Å². The molecule has 1 fully saturated rings. The molecule has 3 amide bonds. The number of urea groups is 1. The van der Waals surface area contributed by atoms with Crippen LogP contribution in [0.4, 0.5) is 23.7 Å². The quantitative estimate of drug-likeness (QED) is 0.565. The number of halogens is 3. The second-order valence-corrected chi connectivity index (χ2v) is 6.86. The van der Waals surface area contributed by atoms with E-state index in [1.807, 2.05) is 11.4 Å². The Morgan fingerprint density at radius 2 is 2.00 bits per heavy atom. The number of aromatic nitrogens is 1. The molecule has 8 nitrogen and oxygen atoms in total. The van der Waals surface area contributed by atoms with Crippen molar-refractivity contribution in [2.45, 2.75) is 24.4 Å². The lowest BCUT2D eigenvalue weighted by molar-refractivity contribution is 0.0171. The highest BCUT2D eigenvalue weighted by Gasteiger charge is 2.59. The summed E-state index contributed by atoms with van der Waals surface area (Å²) in [7, 11) is 0. The van der Waals surface area contributed by atoms with Crippen molar-refractivity contribution in [3.8, 4) is 6.07 Å². The summed E-state index contributed by atoms with van der Waals surface area (Å²) < 4.78 is 42.9. The minimum absolute atomic E-state index is 0.00641. The second-order valence-electron chi connectivity index (χ2n) is 6.86.